The van der Waals surface area contributed by atoms with Crippen molar-refractivity contribution in [2.45, 2.75) is 32.0 Å². The van der Waals surface area contributed by atoms with Crippen LogP contribution >= 0.6 is 0 Å². The standard InChI is InChI=1S/C13H16O3.BH3O3/c1-12(2,15)13(3,9-10-14)16-11-7-5-4-6-8-11;2-1(3)4/h4-9,15H,1-3H3;2-4H. The Balaban J connectivity index is 0.000000796. The average molecular weight is 282 g/mol. The van der Waals surface area contributed by atoms with E-state index in [4.69, 9.17) is 19.8 Å². The second-order valence-electron chi connectivity index (χ2n) is 4.69. The minimum absolute atomic E-state index is 0.596. The minimum Gasteiger partial charge on any atom is -0.480 e. The van der Waals surface area contributed by atoms with Crippen molar-refractivity contribution in [3.05, 3.63) is 36.4 Å². The highest BCUT2D eigenvalue weighted by molar-refractivity contribution is 6.30. The van der Waals surface area contributed by atoms with E-state index >= 15 is 0 Å². The van der Waals surface area contributed by atoms with Crippen LogP contribution in [0.5, 0.6) is 5.75 Å². The van der Waals surface area contributed by atoms with Gasteiger partial charge in [-0.2, -0.15) is 0 Å². The van der Waals surface area contributed by atoms with E-state index < -0.39 is 18.5 Å². The molecular formula is C13H19BO6. The Hall–Kier alpha value is -1.63. The molecule has 0 aliphatic heterocycles. The van der Waals surface area contributed by atoms with Gasteiger partial charge in [0.1, 0.15) is 17.3 Å². The summed E-state index contributed by atoms with van der Waals surface area (Å²) in [5.41, 5.74) is -2.28. The smallest absolute Gasteiger partial charge is 0.480 e. The lowest BCUT2D eigenvalue weighted by atomic mass is 9.87. The number of benzene rings is 1. The number of hydrogen-bond donors (Lipinski definition) is 4. The fourth-order valence-electron chi connectivity index (χ4n) is 1.18. The SMILES string of the molecule is CC(C)(O)C(C)(C=C=O)Oc1ccccc1.OB(O)O. The van der Waals surface area contributed by atoms with Gasteiger partial charge in [0.2, 0.25) is 0 Å². The first-order valence-electron chi connectivity index (χ1n) is 5.85. The molecule has 0 heterocycles. The Bertz CT molecular complexity index is 433. The number of rotatable bonds is 4. The third-order valence-electron chi connectivity index (χ3n) is 2.62. The van der Waals surface area contributed by atoms with Gasteiger partial charge in [-0.15, -0.1) is 0 Å². The molecule has 1 aromatic carbocycles. The van der Waals surface area contributed by atoms with E-state index in [0.29, 0.717) is 5.75 Å². The summed E-state index contributed by atoms with van der Waals surface area (Å²) in [5.74, 6) is 2.27. The van der Waals surface area contributed by atoms with Crippen LogP contribution in [0, 0.1) is 0 Å². The van der Waals surface area contributed by atoms with E-state index in [1.807, 2.05) is 18.2 Å². The van der Waals surface area contributed by atoms with Gasteiger partial charge >= 0.3 is 7.32 Å². The fraction of sp³-hybridized carbons (Fsp3) is 0.385. The molecule has 0 bridgehead atoms. The molecule has 0 saturated heterocycles. The van der Waals surface area contributed by atoms with Crippen molar-refractivity contribution in [1.82, 2.24) is 0 Å². The number of aliphatic hydroxyl groups is 1. The van der Waals surface area contributed by atoms with Gasteiger partial charge < -0.3 is 24.9 Å². The molecule has 6 nitrogen and oxygen atoms in total. The number of hydrogen-bond acceptors (Lipinski definition) is 6. The maximum atomic E-state index is 10.5. The van der Waals surface area contributed by atoms with Gasteiger partial charge in [0.25, 0.3) is 0 Å². The monoisotopic (exact) mass is 282 g/mol. The summed E-state index contributed by atoms with van der Waals surface area (Å²) >= 11 is 0. The van der Waals surface area contributed by atoms with E-state index in [2.05, 4.69) is 0 Å². The maximum Gasteiger partial charge on any atom is 0.631 e. The van der Waals surface area contributed by atoms with Gasteiger partial charge in [0.05, 0.1) is 0 Å². The van der Waals surface area contributed by atoms with E-state index in [9.17, 15) is 9.90 Å². The molecule has 110 valence electrons. The molecule has 1 atom stereocenters. The largest absolute Gasteiger partial charge is 0.631 e. The molecular weight excluding hydrogens is 263 g/mol. The highest BCUT2D eigenvalue weighted by atomic mass is 16.5. The summed E-state index contributed by atoms with van der Waals surface area (Å²) < 4.78 is 5.64. The molecule has 20 heavy (non-hydrogen) atoms. The van der Waals surface area contributed by atoms with Gasteiger partial charge in [0.15, 0.2) is 5.60 Å². The predicted molar refractivity (Wildman–Crippen MR) is 74.4 cm³/mol. The van der Waals surface area contributed by atoms with Crippen LogP contribution in [0.1, 0.15) is 20.8 Å². The topological polar surface area (TPSA) is 107 Å². The lowest BCUT2D eigenvalue weighted by Crippen LogP contribution is -2.50. The third kappa shape index (κ3) is 6.52. The van der Waals surface area contributed by atoms with Crippen LogP contribution in [0.3, 0.4) is 0 Å². The number of ether oxygens (including phenoxy) is 1. The summed E-state index contributed by atoms with van der Waals surface area (Å²) in [6.07, 6.45) is 1.19. The van der Waals surface area contributed by atoms with E-state index in [0.717, 1.165) is 0 Å². The predicted octanol–water partition coefficient (Wildman–Crippen LogP) is -0.0690. The summed E-state index contributed by atoms with van der Waals surface area (Å²) in [6, 6.07) is 9.05. The molecule has 0 aliphatic rings. The lowest BCUT2D eigenvalue weighted by molar-refractivity contribution is -0.0718. The molecule has 7 heteroatoms. The average Bonchev–Trinajstić information content (AvgIpc) is 2.28. The minimum atomic E-state index is -2.17. The number of carbonyl (C=O) groups excluding carboxylic acids is 1. The van der Waals surface area contributed by atoms with Crippen LogP contribution in [0.15, 0.2) is 36.4 Å². The first kappa shape index (κ1) is 18.4. The molecule has 4 N–H and O–H groups in total. The van der Waals surface area contributed by atoms with Crippen molar-refractivity contribution in [3.63, 3.8) is 0 Å². The van der Waals surface area contributed by atoms with Gasteiger partial charge in [-0.25, -0.2) is 4.79 Å². The maximum absolute atomic E-state index is 10.5. The zero-order valence-electron chi connectivity index (χ0n) is 11.6. The van der Waals surface area contributed by atoms with E-state index in [-0.39, 0.29) is 0 Å². The summed E-state index contributed by atoms with van der Waals surface area (Å²) in [4.78, 5) is 10.5. The second kappa shape index (κ2) is 7.84. The quantitative estimate of drug-likeness (QED) is 0.455. The Labute approximate surface area is 118 Å². The van der Waals surface area contributed by atoms with Gasteiger partial charge in [-0.05, 0) is 32.9 Å². The van der Waals surface area contributed by atoms with Crippen LogP contribution in [0.4, 0.5) is 0 Å². The number of para-hydroxylation sites is 1. The molecule has 1 aromatic rings. The summed E-state index contributed by atoms with van der Waals surface area (Å²) in [6.45, 7) is 4.82. The molecule has 0 saturated carbocycles. The molecule has 0 aliphatic carbocycles. The molecule has 1 rings (SSSR count). The molecule has 0 fully saturated rings. The van der Waals surface area contributed by atoms with E-state index in [1.165, 1.54) is 6.08 Å². The van der Waals surface area contributed by atoms with Crippen LogP contribution in [0.2, 0.25) is 0 Å². The van der Waals surface area contributed by atoms with Crippen LogP contribution < -0.4 is 4.74 Å². The Kier molecular flexibility index (Phi) is 7.20. The Morgan fingerprint density at radius 1 is 1.15 bits per heavy atom. The fourth-order valence-corrected chi connectivity index (χ4v) is 1.18. The first-order valence-corrected chi connectivity index (χ1v) is 5.85. The normalized spacial score (nSPS) is 13.2. The van der Waals surface area contributed by atoms with Gasteiger partial charge in [0, 0.05) is 6.08 Å². The van der Waals surface area contributed by atoms with Crippen molar-refractivity contribution in [2.24, 2.45) is 0 Å². The summed E-state index contributed by atoms with van der Waals surface area (Å²) in [5, 5.41) is 31.5. The zero-order chi connectivity index (χ0) is 15.8. The van der Waals surface area contributed by atoms with Crippen LogP contribution in [-0.2, 0) is 4.79 Å². The van der Waals surface area contributed by atoms with Crippen molar-refractivity contribution in [2.75, 3.05) is 0 Å². The van der Waals surface area contributed by atoms with Gasteiger partial charge in [-0.1, -0.05) is 18.2 Å². The Morgan fingerprint density at radius 3 is 1.95 bits per heavy atom. The van der Waals surface area contributed by atoms with Crippen molar-refractivity contribution >= 4 is 13.3 Å². The molecule has 1 unspecified atom stereocenters. The highest BCUT2D eigenvalue weighted by Crippen LogP contribution is 2.28. The molecule has 0 radical (unpaired) electrons. The first-order chi connectivity index (χ1) is 9.12. The highest BCUT2D eigenvalue weighted by Gasteiger charge is 2.40. The van der Waals surface area contributed by atoms with Crippen molar-refractivity contribution < 1.29 is 29.7 Å². The summed E-state index contributed by atoms with van der Waals surface area (Å²) in [7, 11) is -2.17. The van der Waals surface area contributed by atoms with E-state index in [1.54, 1.807) is 38.8 Å². The molecule has 0 spiro atoms. The molecule has 0 amide bonds. The van der Waals surface area contributed by atoms with Crippen LogP contribution in [-0.4, -0.2) is 44.6 Å². The second-order valence-corrected chi connectivity index (χ2v) is 4.69. The van der Waals surface area contributed by atoms with Crippen molar-refractivity contribution in [3.8, 4) is 5.75 Å². The third-order valence-corrected chi connectivity index (χ3v) is 2.62. The van der Waals surface area contributed by atoms with Crippen molar-refractivity contribution in [1.29, 1.82) is 0 Å². The lowest BCUT2D eigenvalue weighted by Gasteiger charge is -2.37. The van der Waals surface area contributed by atoms with Gasteiger partial charge in [-0.3, -0.25) is 0 Å². The zero-order valence-corrected chi connectivity index (χ0v) is 11.6. The molecule has 0 aromatic heterocycles. The Morgan fingerprint density at radius 2 is 1.60 bits per heavy atom. The van der Waals surface area contributed by atoms with Crippen LogP contribution in [0.25, 0.3) is 0 Å².